The smallest absolute Gasteiger partial charge is 0.258 e. The van der Waals surface area contributed by atoms with E-state index in [2.05, 4.69) is 26.4 Å². The Balaban J connectivity index is 1.19. The molecule has 3 aromatic heterocycles. The normalized spacial score (nSPS) is 13.8. The lowest BCUT2D eigenvalue weighted by atomic mass is 10.1. The minimum absolute atomic E-state index is 0.0564. The molecule has 0 atom stereocenters. The fraction of sp³-hybridized carbons (Fsp3) is 0.348. The summed E-state index contributed by atoms with van der Waals surface area (Å²) in [7, 11) is 1.90. The number of aromatic nitrogens is 4. The second kappa shape index (κ2) is 7.48. The van der Waals surface area contributed by atoms with E-state index in [1.807, 2.05) is 49.1 Å². The molecule has 7 nitrogen and oxygen atoms in total. The van der Waals surface area contributed by atoms with Gasteiger partial charge in [0.1, 0.15) is 0 Å². The third-order valence-corrected chi connectivity index (χ3v) is 5.70. The summed E-state index contributed by atoms with van der Waals surface area (Å²) in [5.74, 6) is 0.860. The Bertz CT molecular complexity index is 1240. The number of fused-ring (bicyclic) bond motifs is 2. The molecule has 0 aliphatic heterocycles. The number of ether oxygens (including phenoxy) is 1. The first-order valence-electron chi connectivity index (χ1n) is 10.4. The van der Waals surface area contributed by atoms with E-state index in [0.717, 1.165) is 34.2 Å². The maximum atomic E-state index is 12.2. The SMILES string of the molecule is Cc1cc(OCC(=O)NCCc2c[nH]c3ccccc23)nc2c1c(C1CC1)nn2C. The zero-order valence-electron chi connectivity index (χ0n) is 17.2. The van der Waals surface area contributed by atoms with Gasteiger partial charge in [-0.05, 0) is 43.4 Å². The number of aromatic amines is 1. The van der Waals surface area contributed by atoms with Gasteiger partial charge in [-0.3, -0.25) is 9.48 Å². The zero-order chi connectivity index (χ0) is 20.7. The van der Waals surface area contributed by atoms with E-state index in [1.54, 1.807) is 0 Å². The second-order valence-corrected chi connectivity index (χ2v) is 8.01. The van der Waals surface area contributed by atoms with Crippen LogP contribution in [-0.4, -0.2) is 38.8 Å². The number of benzene rings is 1. The lowest BCUT2D eigenvalue weighted by Gasteiger charge is -2.08. The van der Waals surface area contributed by atoms with Crippen LogP contribution in [0.3, 0.4) is 0 Å². The number of amides is 1. The van der Waals surface area contributed by atoms with Crippen molar-refractivity contribution < 1.29 is 9.53 Å². The van der Waals surface area contributed by atoms with Crippen LogP contribution in [0, 0.1) is 6.92 Å². The summed E-state index contributed by atoms with van der Waals surface area (Å²) in [6.45, 7) is 2.55. The molecule has 4 aromatic rings. The van der Waals surface area contributed by atoms with Gasteiger partial charge in [0, 0.05) is 48.1 Å². The predicted molar refractivity (Wildman–Crippen MR) is 116 cm³/mol. The molecule has 1 aromatic carbocycles. The number of hydrogen-bond acceptors (Lipinski definition) is 4. The molecule has 0 spiro atoms. The molecule has 7 heteroatoms. The molecule has 2 N–H and O–H groups in total. The molecule has 1 aliphatic carbocycles. The van der Waals surface area contributed by atoms with E-state index >= 15 is 0 Å². The summed E-state index contributed by atoms with van der Waals surface area (Å²) >= 11 is 0. The molecule has 0 radical (unpaired) electrons. The standard InChI is InChI=1S/C23H25N5O2/c1-14-11-20(26-23-21(14)22(15-7-8-15)27-28(23)2)30-13-19(29)24-10-9-16-12-25-18-6-4-3-5-17(16)18/h3-6,11-12,15,25H,7-10,13H2,1-2H3,(H,24,29). The molecule has 0 saturated heterocycles. The Morgan fingerprint density at radius 2 is 2.17 bits per heavy atom. The largest absolute Gasteiger partial charge is 0.468 e. The maximum Gasteiger partial charge on any atom is 0.258 e. The van der Waals surface area contributed by atoms with E-state index in [9.17, 15) is 4.79 Å². The molecule has 154 valence electrons. The number of hydrogen-bond donors (Lipinski definition) is 2. The van der Waals surface area contributed by atoms with Crippen LogP contribution in [0.4, 0.5) is 0 Å². The first kappa shape index (κ1) is 18.7. The fourth-order valence-corrected chi connectivity index (χ4v) is 4.02. The summed E-state index contributed by atoms with van der Waals surface area (Å²) in [4.78, 5) is 20.1. The number of rotatable bonds is 7. The Hall–Kier alpha value is -3.35. The summed E-state index contributed by atoms with van der Waals surface area (Å²) in [5, 5.41) is 9.89. The van der Waals surface area contributed by atoms with Gasteiger partial charge in [-0.1, -0.05) is 18.2 Å². The van der Waals surface area contributed by atoms with Gasteiger partial charge in [0.15, 0.2) is 12.3 Å². The lowest BCUT2D eigenvalue weighted by molar-refractivity contribution is -0.123. The van der Waals surface area contributed by atoms with Crippen LogP contribution >= 0.6 is 0 Å². The number of nitrogens with one attached hydrogen (secondary N) is 2. The van der Waals surface area contributed by atoms with E-state index in [-0.39, 0.29) is 12.5 Å². The molecular formula is C23H25N5O2. The third-order valence-electron chi connectivity index (χ3n) is 5.70. The number of carbonyl (C=O) groups is 1. The van der Waals surface area contributed by atoms with Crippen LogP contribution in [0.25, 0.3) is 21.9 Å². The Morgan fingerprint density at radius 1 is 1.33 bits per heavy atom. The van der Waals surface area contributed by atoms with E-state index < -0.39 is 0 Å². The van der Waals surface area contributed by atoms with Crippen molar-refractivity contribution in [1.29, 1.82) is 0 Å². The lowest BCUT2D eigenvalue weighted by Crippen LogP contribution is -2.30. The number of nitrogens with zero attached hydrogens (tertiary/aromatic N) is 3. The number of H-pyrrole nitrogens is 1. The molecule has 1 aliphatic rings. The number of aryl methyl sites for hydroxylation is 2. The molecule has 3 heterocycles. The van der Waals surface area contributed by atoms with Gasteiger partial charge in [-0.25, -0.2) is 0 Å². The van der Waals surface area contributed by atoms with Crippen LogP contribution in [0.15, 0.2) is 36.5 Å². The van der Waals surface area contributed by atoms with Crippen LogP contribution in [-0.2, 0) is 18.3 Å². The Labute approximate surface area is 174 Å². The quantitative estimate of drug-likeness (QED) is 0.495. The molecule has 1 saturated carbocycles. The van der Waals surface area contributed by atoms with Gasteiger partial charge < -0.3 is 15.0 Å². The molecular weight excluding hydrogens is 378 g/mol. The number of carbonyl (C=O) groups excluding carboxylic acids is 1. The van der Waals surface area contributed by atoms with E-state index in [1.165, 1.54) is 23.8 Å². The highest BCUT2D eigenvalue weighted by Gasteiger charge is 2.30. The summed E-state index contributed by atoms with van der Waals surface area (Å²) < 4.78 is 7.49. The molecule has 30 heavy (non-hydrogen) atoms. The third kappa shape index (κ3) is 3.51. The van der Waals surface area contributed by atoms with Gasteiger partial charge in [-0.15, -0.1) is 0 Å². The minimum Gasteiger partial charge on any atom is -0.468 e. The zero-order valence-corrected chi connectivity index (χ0v) is 17.2. The molecule has 1 amide bonds. The van der Waals surface area contributed by atoms with Crippen molar-refractivity contribution in [2.75, 3.05) is 13.2 Å². The van der Waals surface area contributed by atoms with E-state index in [0.29, 0.717) is 18.3 Å². The average Bonchev–Trinajstić information content (AvgIpc) is 3.43. The second-order valence-electron chi connectivity index (χ2n) is 8.01. The highest BCUT2D eigenvalue weighted by molar-refractivity contribution is 5.84. The van der Waals surface area contributed by atoms with Crippen molar-refractivity contribution in [3.05, 3.63) is 53.3 Å². The van der Waals surface area contributed by atoms with Crippen LogP contribution in [0.5, 0.6) is 5.88 Å². The molecule has 1 fully saturated rings. The minimum atomic E-state index is -0.155. The Morgan fingerprint density at radius 3 is 3.00 bits per heavy atom. The molecule has 0 bridgehead atoms. The monoisotopic (exact) mass is 403 g/mol. The predicted octanol–water partition coefficient (Wildman–Crippen LogP) is 3.37. The fourth-order valence-electron chi connectivity index (χ4n) is 4.02. The summed E-state index contributed by atoms with van der Waals surface area (Å²) in [6.07, 6.45) is 5.15. The topological polar surface area (TPSA) is 84.8 Å². The van der Waals surface area contributed by atoms with E-state index in [4.69, 9.17) is 4.74 Å². The van der Waals surface area contributed by atoms with Crippen molar-refractivity contribution in [3.8, 4) is 5.88 Å². The van der Waals surface area contributed by atoms with Crippen molar-refractivity contribution >= 4 is 27.8 Å². The highest BCUT2D eigenvalue weighted by atomic mass is 16.5. The average molecular weight is 403 g/mol. The van der Waals surface area contributed by atoms with Gasteiger partial charge in [0.2, 0.25) is 5.88 Å². The van der Waals surface area contributed by atoms with Gasteiger partial charge >= 0.3 is 0 Å². The first-order chi connectivity index (χ1) is 14.6. The van der Waals surface area contributed by atoms with Crippen molar-refractivity contribution in [2.45, 2.75) is 32.1 Å². The van der Waals surface area contributed by atoms with Crippen molar-refractivity contribution in [2.24, 2.45) is 7.05 Å². The van der Waals surface area contributed by atoms with Crippen LogP contribution in [0.1, 0.15) is 35.6 Å². The molecule has 5 rings (SSSR count). The van der Waals surface area contributed by atoms with Gasteiger partial charge in [0.25, 0.3) is 5.91 Å². The van der Waals surface area contributed by atoms with Gasteiger partial charge in [-0.2, -0.15) is 10.1 Å². The van der Waals surface area contributed by atoms with Crippen LogP contribution < -0.4 is 10.1 Å². The first-order valence-corrected chi connectivity index (χ1v) is 10.4. The van der Waals surface area contributed by atoms with Crippen LogP contribution in [0.2, 0.25) is 0 Å². The maximum absolute atomic E-state index is 12.2. The summed E-state index contributed by atoms with van der Waals surface area (Å²) in [5.41, 5.74) is 5.34. The molecule has 0 unspecified atom stereocenters. The Kier molecular flexibility index (Phi) is 4.65. The highest BCUT2D eigenvalue weighted by Crippen LogP contribution is 2.43. The summed E-state index contributed by atoms with van der Waals surface area (Å²) in [6, 6.07) is 10.1. The number of para-hydroxylation sites is 1. The van der Waals surface area contributed by atoms with Gasteiger partial charge in [0.05, 0.1) is 5.69 Å². The van der Waals surface area contributed by atoms with Crippen molar-refractivity contribution in [1.82, 2.24) is 25.1 Å². The number of pyridine rings is 1. The van der Waals surface area contributed by atoms with Crippen molar-refractivity contribution in [3.63, 3.8) is 0 Å².